The van der Waals surface area contributed by atoms with Gasteiger partial charge in [0.2, 0.25) is 0 Å². The maximum absolute atomic E-state index is 12.4. The second-order valence-corrected chi connectivity index (χ2v) is 4.67. The minimum Gasteiger partial charge on any atom is -0.318 e. The molecule has 0 spiro atoms. The second kappa shape index (κ2) is 6.83. The third-order valence-corrected chi connectivity index (χ3v) is 2.95. The van der Waals surface area contributed by atoms with Crippen molar-refractivity contribution in [3.05, 3.63) is 59.7 Å². The van der Waals surface area contributed by atoms with E-state index in [2.05, 4.69) is 10.6 Å². The maximum atomic E-state index is 12.4. The molecule has 0 aromatic heterocycles. The lowest BCUT2D eigenvalue weighted by atomic mass is 10.2. The van der Waals surface area contributed by atoms with Crippen LogP contribution in [0.25, 0.3) is 0 Å². The second-order valence-electron chi connectivity index (χ2n) is 4.67. The summed E-state index contributed by atoms with van der Waals surface area (Å²) in [5.74, 6) is -2.02. The Hall–Kier alpha value is -3.34. The van der Waals surface area contributed by atoms with E-state index >= 15 is 0 Å². The maximum Gasteiger partial charge on any atom is 0.416 e. The first kappa shape index (κ1) is 17.0. The smallest absolute Gasteiger partial charge is 0.318 e. The third-order valence-electron chi connectivity index (χ3n) is 2.95. The van der Waals surface area contributed by atoms with Crippen molar-refractivity contribution in [2.75, 3.05) is 10.6 Å². The summed E-state index contributed by atoms with van der Waals surface area (Å²) in [7, 11) is 0. The Labute approximate surface area is 134 Å². The molecule has 122 valence electrons. The number of rotatable bonds is 2. The lowest BCUT2D eigenvalue weighted by molar-refractivity contribution is -0.137. The summed E-state index contributed by atoms with van der Waals surface area (Å²) in [6.45, 7) is 0. The molecule has 0 saturated carbocycles. The fraction of sp³-hybridized carbons (Fsp3) is 0.0625. The average molecular weight is 333 g/mol. The molecule has 5 nitrogen and oxygen atoms in total. The molecular weight excluding hydrogens is 323 g/mol. The fourth-order valence-corrected chi connectivity index (χ4v) is 1.75. The number of carbonyl (C=O) groups is 2. The van der Waals surface area contributed by atoms with Crippen molar-refractivity contribution in [1.29, 1.82) is 5.26 Å². The normalized spacial score (nSPS) is 10.6. The Bertz CT molecular complexity index is 791. The minimum absolute atomic E-state index is 0.0583. The summed E-state index contributed by atoms with van der Waals surface area (Å²) < 4.78 is 37.3. The van der Waals surface area contributed by atoms with E-state index in [1.54, 1.807) is 0 Å². The summed E-state index contributed by atoms with van der Waals surface area (Å²) in [6.07, 6.45) is -4.48. The predicted octanol–water partition coefficient (Wildman–Crippen LogP) is 3.15. The summed E-state index contributed by atoms with van der Waals surface area (Å²) in [5, 5.41) is 13.2. The zero-order valence-electron chi connectivity index (χ0n) is 12.0. The van der Waals surface area contributed by atoms with E-state index in [4.69, 9.17) is 5.26 Å². The molecule has 0 radical (unpaired) electrons. The molecule has 24 heavy (non-hydrogen) atoms. The van der Waals surface area contributed by atoms with Crippen LogP contribution in [0.2, 0.25) is 0 Å². The molecule has 0 aliphatic rings. The van der Waals surface area contributed by atoms with Crippen LogP contribution in [0.1, 0.15) is 11.1 Å². The number of carbonyl (C=O) groups excluding carboxylic acids is 2. The molecule has 0 bridgehead atoms. The number of benzene rings is 2. The Kier molecular flexibility index (Phi) is 4.84. The molecule has 2 aromatic rings. The molecule has 0 atom stereocenters. The van der Waals surface area contributed by atoms with Crippen molar-refractivity contribution in [1.82, 2.24) is 0 Å². The summed E-state index contributed by atoms with van der Waals surface area (Å²) in [5.41, 5.74) is -0.103. The molecular formula is C16H10F3N3O2. The van der Waals surface area contributed by atoms with Crippen LogP contribution in [0.15, 0.2) is 48.5 Å². The first-order valence-electron chi connectivity index (χ1n) is 6.59. The van der Waals surface area contributed by atoms with Crippen molar-refractivity contribution in [2.45, 2.75) is 6.18 Å². The monoisotopic (exact) mass is 333 g/mol. The SMILES string of the molecule is N#Cc1ccc(NC(=O)C(=O)Nc2ccc(C(F)(F)F)cc2)cc1. The van der Waals surface area contributed by atoms with Crippen molar-refractivity contribution in [3.63, 3.8) is 0 Å². The Balaban J connectivity index is 1.98. The first-order chi connectivity index (χ1) is 11.3. The topological polar surface area (TPSA) is 82.0 Å². The van der Waals surface area contributed by atoms with Crippen molar-refractivity contribution in [3.8, 4) is 6.07 Å². The predicted molar refractivity (Wildman–Crippen MR) is 79.9 cm³/mol. The van der Waals surface area contributed by atoms with Crippen molar-refractivity contribution < 1.29 is 22.8 Å². The number of nitrogens with zero attached hydrogens (tertiary/aromatic N) is 1. The highest BCUT2D eigenvalue weighted by molar-refractivity contribution is 6.43. The number of anilines is 2. The summed E-state index contributed by atoms with van der Waals surface area (Å²) in [6, 6.07) is 11.4. The number of alkyl halides is 3. The van der Waals surface area contributed by atoms with Crippen LogP contribution in [0.3, 0.4) is 0 Å². The van der Waals surface area contributed by atoms with Crippen LogP contribution in [-0.2, 0) is 15.8 Å². The molecule has 0 saturated heterocycles. The molecule has 2 amide bonds. The Morgan fingerprint density at radius 2 is 1.25 bits per heavy atom. The molecule has 0 heterocycles. The van der Waals surface area contributed by atoms with Gasteiger partial charge in [-0.1, -0.05) is 0 Å². The van der Waals surface area contributed by atoms with Gasteiger partial charge >= 0.3 is 18.0 Å². The van der Waals surface area contributed by atoms with Gasteiger partial charge in [0, 0.05) is 11.4 Å². The fourth-order valence-electron chi connectivity index (χ4n) is 1.75. The van der Waals surface area contributed by atoms with Crippen LogP contribution in [0.5, 0.6) is 0 Å². The van der Waals surface area contributed by atoms with E-state index in [1.807, 2.05) is 6.07 Å². The Morgan fingerprint density at radius 3 is 1.62 bits per heavy atom. The van der Waals surface area contributed by atoms with E-state index in [9.17, 15) is 22.8 Å². The van der Waals surface area contributed by atoms with Gasteiger partial charge in [0.05, 0.1) is 17.2 Å². The number of hydrogen-bond acceptors (Lipinski definition) is 3. The van der Waals surface area contributed by atoms with E-state index < -0.39 is 23.6 Å². The molecule has 0 aliphatic carbocycles. The molecule has 2 rings (SSSR count). The van der Waals surface area contributed by atoms with Crippen LogP contribution in [-0.4, -0.2) is 11.8 Å². The molecule has 8 heteroatoms. The van der Waals surface area contributed by atoms with E-state index in [0.29, 0.717) is 11.3 Å². The van der Waals surface area contributed by atoms with Gasteiger partial charge in [0.1, 0.15) is 0 Å². The first-order valence-corrected chi connectivity index (χ1v) is 6.59. The number of amides is 2. The van der Waals surface area contributed by atoms with Gasteiger partial charge in [-0.05, 0) is 48.5 Å². The lowest BCUT2D eigenvalue weighted by Crippen LogP contribution is -2.29. The highest BCUT2D eigenvalue weighted by atomic mass is 19.4. The van der Waals surface area contributed by atoms with Crippen LogP contribution in [0, 0.1) is 11.3 Å². The summed E-state index contributed by atoms with van der Waals surface area (Å²) >= 11 is 0. The number of halogens is 3. The van der Waals surface area contributed by atoms with Crippen molar-refractivity contribution in [2.24, 2.45) is 0 Å². The minimum atomic E-state index is -4.48. The zero-order valence-corrected chi connectivity index (χ0v) is 12.0. The van der Waals surface area contributed by atoms with Gasteiger partial charge < -0.3 is 10.6 Å². The number of nitrogens with one attached hydrogen (secondary N) is 2. The van der Waals surface area contributed by atoms with E-state index in [-0.39, 0.29) is 5.69 Å². The third kappa shape index (κ3) is 4.33. The lowest BCUT2D eigenvalue weighted by Gasteiger charge is -2.09. The van der Waals surface area contributed by atoms with E-state index in [0.717, 1.165) is 24.3 Å². The van der Waals surface area contributed by atoms with E-state index in [1.165, 1.54) is 24.3 Å². The van der Waals surface area contributed by atoms with Crippen LogP contribution in [0.4, 0.5) is 24.5 Å². The van der Waals surface area contributed by atoms with Gasteiger partial charge in [0.15, 0.2) is 0 Å². The number of nitriles is 1. The standard InChI is InChI=1S/C16H10F3N3O2/c17-16(18,19)11-3-7-13(8-4-11)22-15(24)14(23)21-12-5-1-10(9-20)2-6-12/h1-8H,(H,21,23)(H,22,24). The molecule has 2 N–H and O–H groups in total. The summed E-state index contributed by atoms with van der Waals surface area (Å²) in [4.78, 5) is 23.5. The van der Waals surface area contributed by atoms with Gasteiger partial charge in [-0.15, -0.1) is 0 Å². The zero-order chi connectivity index (χ0) is 17.7. The molecule has 0 unspecified atom stereocenters. The largest absolute Gasteiger partial charge is 0.416 e. The van der Waals surface area contributed by atoms with Crippen LogP contribution >= 0.6 is 0 Å². The quantitative estimate of drug-likeness (QED) is 0.828. The van der Waals surface area contributed by atoms with Gasteiger partial charge in [0.25, 0.3) is 0 Å². The average Bonchev–Trinajstić information content (AvgIpc) is 2.55. The van der Waals surface area contributed by atoms with Gasteiger partial charge in [-0.3, -0.25) is 9.59 Å². The van der Waals surface area contributed by atoms with Crippen molar-refractivity contribution >= 4 is 23.2 Å². The molecule has 2 aromatic carbocycles. The van der Waals surface area contributed by atoms with Crippen LogP contribution < -0.4 is 10.6 Å². The van der Waals surface area contributed by atoms with Gasteiger partial charge in [-0.2, -0.15) is 18.4 Å². The Morgan fingerprint density at radius 1 is 0.833 bits per heavy atom. The highest BCUT2D eigenvalue weighted by Gasteiger charge is 2.30. The molecule has 0 fully saturated rings. The highest BCUT2D eigenvalue weighted by Crippen LogP contribution is 2.29. The number of hydrogen-bond donors (Lipinski definition) is 2. The molecule has 0 aliphatic heterocycles. The van der Waals surface area contributed by atoms with Gasteiger partial charge in [-0.25, -0.2) is 0 Å².